The molecule has 3 aromatic rings. The summed E-state index contributed by atoms with van der Waals surface area (Å²) in [7, 11) is 5.87. The second-order valence-electron chi connectivity index (χ2n) is 7.49. The highest BCUT2D eigenvalue weighted by atomic mass is 35.5. The predicted molar refractivity (Wildman–Crippen MR) is 111 cm³/mol. The molecule has 2 radical (unpaired) electrons. The monoisotopic (exact) mass is 385 g/mol. The standard InChI is InChI=1S/C21H17BClN5/c1-12-9-27(11-18-14-4-7-20(23)25-16(14)10-28(12)18)17-5-2-13(8-24)21-15(17)3-6-19(22)26-21/h2-7,12,18H,9-11H2,1H3/t12-,18-/m1/s1. The van der Waals surface area contributed by atoms with Gasteiger partial charge in [0.1, 0.15) is 19.1 Å². The van der Waals surface area contributed by atoms with Crippen molar-refractivity contribution >= 4 is 41.6 Å². The van der Waals surface area contributed by atoms with Gasteiger partial charge in [-0.25, -0.2) is 4.98 Å². The van der Waals surface area contributed by atoms with Gasteiger partial charge in [-0.3, -0.25) is 9.88 Å². The predicted octanol–water partition coefficient (Wildman–Crippen LogP) is 2.71. The molecule has 5 rings (SSSR count). The summed E-state index contributed by atoms with van der Waals surface area (Å²) in [6.07, 6.45) is 0. The number of anilines is 1. The third-order valence-corrected chi connectivity index (χ3v) is 6.04. The van der Waals surface area contributed by atoms with Crippen LogP contribution in [0.25, 0.3) is 10.9 Å². The molecule has 0 spiro atoms. The molecule has 0 unspecified atom stereocenters. The van der Waals surface area contributed by atoms with Crippen LogP contribution in [0.5, 0.6) is 0 Å². The van der Waals surface area contributed by atoms with Gasteiger partial charge in [0.2, 0.25) is 0 Å². The Bertz CT molecular complexity index is 1140. The molecule has 5 nitrogen and oxygen atoms in total. The van der Waals surface area contributed by atoms with Crippen LogP contribution >= 0.6 is 11.6 Å². The van der Waals surface area contributed by atoms with E-state index in [1.165, 1.54) is 5.56 Å². The highest BCUT2D eigenvalue weighted by Crippen LogP contribution is 2.40. The van der Waals surface area contributed by atoms with E-state index in [2.05, 4.69) is 38.8 Å². The normalized spacial score (nSPS) is 21.4. The third kappa shape index (κ3) is 2.66. The average molecular weight is 386 g/mol. The molecule has 28 heavy (non-hydrogen) atoms. The van der Waals surface area contributed by atoms with Crippen molar-refractivity contribution < 1.29 is 0 Å². The molecule has 1 saturated heterocycles. The first-order valence-corrected chi connectivity index (χ1v) is 9.68. The molecule has 0 saturated carbocycles. The van der Waals surface area contributed by atoms with Crippen LogP contribution in [-0.2, 0) is 6.54 Å². The fourth-order valence-electron chi connectivity index (χ4n) is 4.53. The van der Waals surface area contributed by atoms with Crippen molar-refractivity contribution in [2.45, 2.75) is 25.6 Å². The van der Waals surface area contributed by atoms with Crippen LogP contribution in [0, 0.1) is 11.3 Å². The molecule has 0 amide bonds. The maximum Gasteiger partial charge on any atom is 0.141 e. The summed E-state index contributed by atoms with van der Waals surface area (Å²) in [6, 6.07) is 14.5. The van der Waals surface area contributed by atoms with E-state index in [0.717, 1.165) is 36.4 Å². The van der Waals surface area contributed by atoms with Gasteiger partial charge in [-0.1, -0.05) is 23.7 Å². The molecule has 0 N–H and O–H groups in total. The Morgan fingerprint density at radius 2 is 2.00 bits per heavy atom. The smallest absolute Gasteiger partial charge is 0.141 e. The molecule has 1 aromatic carbocycles. The van der Waals surface area contributed by atoms with Gasteiger partial charge in [-0.05, 0) is 42.3 Å². The van der Waals surface area contributed by atoms with Gasteiger partial charge in [0.25, 0.3) is 0 Å². The topological polar surface area (TPSA) is 56.0 Å². The fraction of sp³-hybridized carbons (Fsp3) is 0.286. The van der Waals surface area contributed by atoms with Crippen LogP contribution in [0.1, 0.15) is 29.8 Å². The second kappa shape index (κ2) is 6.47. The van der Waals surface area contributed by atoms with Crippen LogP contribution in [0.2, 0.25) is 5.15 Å². The molecule has 0 bridgehead atoms. The molecule has 2 aliphatic rings. The van der Waals surface area contributed by atoms with Gasteiger partial charge in [-0.2, -0.15) is 5.26 Å². The number of aromatic nitrogens is 2. The first-order chi connectivity index (χ1) is 13.5. The third-order valence-electron chi connectivity index (χ3n) is 5.83. The van der Waals surface area contributed by atoms with Crippen molar-refractivity contribution in [1.29, 1.82) is 5.26 Å². The van der Waals surface area contributed by atoms with Gasteiger partial charge in [0.15, 0.2) is 0 Å². The van der Waals surface area contributed by atoms with E-state index >= 15 is 0 Å². The summed E-state index contributed by atoms with van der Waals surface area (Å²) in [5.41, 5.74) is 5.04. The lowest BCUT2D eigenvalue weighted by molar-refractivity contribution is 0.133. The zero-order chi connectivity index (χ0) is 19.4. The molecular weight excluding hydrogens is 369 g/mol. The zero-order valence-electron chi connectivity index (χ0n) is 15.4. The minimum atomic E-state index is 0.274. The van der Waals surface area contributed by atoms with Crippen LogP contribution in [0.4, 0.5) is 5.69 Å². The number of halogens is 1. The van der Waals surface area contributed by atoms with E-state index in [1.54, 1.807) is 6.07 Å². The number of pyridine rings is 2. The van der Waals surface area contributed by atoms with E-state index < -0.39 is 0 Å². The quantitative estimate of drug-likeness (QED) is 0.476. The van der Waals surface area contributed by atoms with Gasteiger partial charge in [0, 0.05) is 36.7 Å². The zero-order valence-corrected chi connectivity index (χ0v) is 16.2. The van der Waals surface area contributed by atoms with Gasteiger partial charge in [0.05, 0.1) is 22.8 Å². The Morgan fingerprint density at radius 1 is 1.14 bits per heavy atom. The summed E-state index contributed by atoms with van der Waals surface area (Å²) in [4.78, 5) is 13.8. The van der Waals surface area contributed by atoms with Crippen molar-refractivity contribution in [1.82, 2.24) is 14.9 Å². The number of rotatable bonds is 1. The number of nitriles is 1. The van der Waals surface area contributed by atoms with E-state index in [-0.39, 0.29) is 6.04 Å². The van der Waals surface area contributed by atoms with Gasteiger partial charge in [-0.15, -0.1) is 0 Å². The molecular formula is C21H17BClN5. The van der Waals surface area contributed by atoms with Crippen molar-refractivity contribution in [3.8, 4) is 6.07 Å². The highest BCUT2D eigenvalue weighted by Gasteiger charge is 2.40. The number of benzene rings is 1. The van der Waals surface area contributed by atoms with Crippen LogP contribution in [-0.4, -0.2) is 41.8 Å². The van der Waals surface area contributed by atoms with E-state index in [0.29, 0.717) is 27.9 Å². The number of hydrogen-bond donors (Lipinski definition) is 0. The largest absolute Gasteiger partial charge is 0.368 e. The summed E-state index contributed by atoms with van der Waals surface area (Å²) < 4.78 is 0. The molecule has 4 heterocycles. The Morgan fingerprint density at radius 3 is 2.82 bits per heavy atom. The molecule has 2 atom stereocenters. The Hall–Kier alpha value is -2.62. The average Bonchev–Trinajstić information content (AvgIpc) is 3.05. The number of fused-ring (bicyclic) bond motifs is 4. The van der Waals surface area contributed by atoms with Crippen LogP contribution in [0.15, 0.2) is 36.4 Å². The van der Waals surface area contributed by atoms with E-state index in [1.807, 2.05) is 24.3 Å². The molecule has 136 valence electrons. The summed E-state index contributed by atoms with van der Waals surface area (Å²) in [6.45, 7) is 4.83. The number of hydrogen-bond acceptors (Lipinski definition) is 5. The van der Waals surface area contributed by atoms with Crippen molar-refractivity contribution in [3.63, 3.8) is 0 Å². The SMILES string of the molecule is [B]c1ccc2c(N3C[C@@H](C)N4Cc5nc(Cl)ccc5[C@H]4C3)ccc(C#N)c2n1. The maximum absolute atomic E-state index is 9.46. The van der Waals surface area contributed by atoms with Gasteiger partial charge < -0.3 is 4.90 Å². The summed E-state index contributed by atoms with van der Waals surface area (Å²) in [5, 5.41) is 11.0. The molecule has 1 fully saturated rings. The minimum absolute atomic E-state index is 0.274. The maximum atomic E-state index is 9.46. The molecule has 2 aliphatic heterocycles. The highest BCUT2D eigenvalue weighted by molar-refractivity contribution is 6.31. The van der Waals surface area contributed by atoms with Crippen LogP contribution < -0.4 is 10.5 Å². The lowest BCUT2D eigenvalue weighted by Gasteiger charge is -2.43. The lowest BCUT2D eigenvalue weighted by Crippen LogP contribution is -2.51. The Kier molecular flexibility index (Phi) is 4.04. The van der Waals surface area contributed by atoms with Crippen molar-refractivity contribution in [3.05, 3.63) is 58.4 Å². The van der Waals surface area contributed by atoms with E-state index in [4.69, 9.17) is 19.4 Å². The van der Waals surface area contributed by atoms with Crippen molar-refractivity contribution in [2.75, 3.05) is 18.0 Å². The van der Waals surface area contributed by atoms with Crippen LogP contribution in [0.3, 0.4) is 0 Å². The summed E-state index contributed by atoms with van der Waals surface area (Å²) >= 11 is 6.10. The lowest BCUT2D eigenvalue weighted by atomic mass is 9.98. The molecule has 7 heteroatoms. The van der Waals surface area contributed by atoms with E-state index in [9.17, 15) is 5.26 Å². The minimum Gasteiger partial charge on any atom is -0.368 e. The van der Waals surface area contributed by atoms with Gasteiger partial charge >= 0.3 is 0 Å². The molecule has 2 aromatic heterocycles. The Labute approximate surface area is 170 Å². The van der Waals surface area contributed by atoms with Crippen molar-refractivity contribution in [2.24, 2.45) is 0 Å². The number of nitrogens with zero attached hydrogens (tertiary/aromatic N) is 5. The first-order valence-electron chi connectivity index (χ1n) is 9.30. The summed E-state index contributed by atoms with van der Waals surface area (Å²) in [5.74, 6) is 0. The molecule has 0 aliphatic carbocycles. The second-order valence-corrected chi connectivity index (χ2v) is 7.88. The number of piperazine rings is 1. The Balaban J connectivity index is 1.58. The first kappa shape index (κ1) is 17.5. The fourth-order valence-corrected chi connectivity index (χ4v) is 4.70.